The second-order valence-corrected chi connectivity index (χ2v) is 5.56. The van der Waals surface area contributed by atoms with Crippen LogP contribution in [0, 0.1) is 0 Å². The van der Waals surface area contributed by atoms with E-state index < -0.39 is 0 Å². The predicted molar refractivity (Wildman–Crippen MR) is 66.1 cm³/mol. The van der Waals surface area contributed by atoms with Crippen LogP contribution in [0.4, 0.5) is 0 Å². The number of nitrogens with zero attached hydrogens (tertiary/aromatic N) is 1. The van der Waals surface area contributed by atoms with E-state index in [2.05, 4.69) is 12.2 Å². The van der Waals surface area contributed by atoms with Gasteiger partial charge in [-0.2, -0.15) is 0 Å². The molecule has 1 aliphatic carbocycles. The van der Waals surface area contributed by atoms with Crippen LogP contribution in [-0.4, -0.2) is 55.0 Å². The van der Waals surface area contributed by atoms with Crippen LogP contribution >= 0.6 is 0 Å². The van der Waals surface area contributed by atoms with E-state index in [1.165, 1.54) is 0 Å². The van der Waals surface area contributed by atoms with Crippen molar-refractivity contribution >= 4 is 5.91 Å². The lowest BCUT2D eigenvalue weighted by Crippen LogP contribution is -2.45. The maximum absolute atomic E-state index is 12.4. The van der Waals surface area contributed by atoms with Gasteiger partial charge < -0.3 is 14.4 Å². The molecular weight excluding hydrogens is 232 g/mol. The van der Waals surface area contributed by atoms with Gasteiger partial charge in [0.15, 0.2) is 0 Å². The number of nitrogens with one attached hydrogen (secondary N) is 1. The predicted octanol–water partition coefficient (Wildman–Crippen LogP) is 0.492. The van der Waals surface area contributed by atoms with Crippen molar-refractivity contribution in [1.29, 1.82) is 0 Å². The second-order valence-electron chi connectivity index (χ2n) is 5.56. The lowest BCUT2D eigenvalue weighted by Gasteiger charge is -2.30. The molecular formula is C13H22N2O3. The molecule has 0 aromatic heterocycles. The van der Waals surface area contributed by atoms with E-state index in [-0.39, 0.29) is 23.7 Å². The minimum absolute atomic E-state index is 0.0396. The van der Waals surface area contributed by atoms with E-state index in [1.54, 1.807) is 0 Å². The quantitative estimate of drug-likeness (QED) is 0.793. The number of amides is 1. The van der Waals surface area contributed by atoms with Crippen LogP contribution in [0.25, 0.3) is 0 Å². The Kier molecular flexibility index (Phi) is 3.30. The Morgan fingerprint density at radius 1 is 1.44 bits per heavy atom. The van der Waals surface area contributed by atoms with Crippen LogP contribution in [-0.2, 0) is 14.3 Å². The van der Waals surface area contributed by atoms with Gasteiger partial charge in [-0.3, -0.25) is 10.1 Å². The molecule has 2 saturated heterocycles. The van der Waals surface area contributed by atoms with Crippen molar-refractivity contribution in [3.05, 3.63) is 0 Å². The molecule has 1 spiro atoms. The molecule has 2 atom stereocenters. The maximum Gasteiger partial charge on any atom is 0.244 e. The van der Waals surface area contributed by atoms with E-state index in [9.17, 15) is 4.79 Å². The standard InChI is InChI=1S/C13H22N2O3/c1-2-3-11-14-13(4-5-13)12(16)15(11)8-10-9-17-6-7-18-10/h10-11,14H,2-9H2,1H3. The molecule has 2 unspecified atom stereocenters. The molecule has 0 aromatic carbocycles. The fourth-order valence-electron chi connectivity index (χ4n) is 2.93. The van der Waals surface area contributed by atoms with Crippen molar-refractivity contribution in [2.75, 3.05) is 26.4 Å². The summed E-state index contributed by atoms with van der Waals surface area (Å²) in [4.78, 5) is 14.4. The molecule has 5 heteroatoms. The Morgan fingerprint density at radius 3 is 2.89 bits per heavy atom. The first-order valence-corrected chi connectivity index (χ1v) is 7.03. The summed E-state index contributed by atoms with van der Waals surface area (Å²) in [5.74, 6) is 0.273. The largest absolute Gasteiger partial charge is 0.376 e. The highest BCUT2D eigenvalue weighted by molar-refractivity contribution is 5.91. The van der Waals surface area contributed by atoms with Crippen LogP contribution in [0.3, 0.4) is 0 Å². The van der Waals surface area contributed by atoms with Crippen molar-refractivity contribution in [1.82, 2.24) is 10.2 Å². The number of carbonyl (C=O) groups is 1. The Labute approximate surface area is 108 Å². The van der Waals surface area contributed by atoms with Gasteiger partial charge in [0.1, 0.15) is 0 Å². The van der Waals surface area contributed by atoms with Crippen molar-refractivity contribution in [2.45, 2.75) is 50.4 Å². The SMILES string of the molecule is CCCC1NC2(CC2)C(=O)N1CC1COCCO1. The highest BCUT2D eigenvalue weighted by Crippen LogP contribution is 2.42. The van der Waals surface area contributed by atoms with Crippen LogP contribution in [0.5, 0.6) is 0 Å². The molecule has 3 aliphatic rings. The van der Waals surface area contributed by atoms with E-state index >= 15 is 0 Å². The van der Waals surface area contributed by atoms with Gasteiger partial charge in [0.25, 0.3) is 0 Å². The van der Waals surface area contributed by atoms with Crippen LogP contribution in [0.2, 0.25) is 0 Å². The Bertz CT molecular complexity index is 324. The molecule has 1 saturated carbocycles. The summed E-state index contributed by atoms with van der Waals surface area (Å²) in [5.41, 5.74) is -0.213. The first-order chi connectivity index (χ1) is 8.75. The fourth-order valence-corrected chi connectivity index (χ4v) is 2.93. The van der Waals surface area contributed by atoms with Gasteiger partial charge in [0, 0.05) is 0 Å². The lowest BCUT2D eigenvalue weighted by atomic mass is 10.2. The van der Waals surface area contributed by atoms with Gasteiger partial charge in [0.05, 0.1) is 44.2 Å². The van der Waals surface area contributed by atoms with Crippen LogP contribution in [0.1, 0.15) is 32.6 Å². The molecule has 1 N–H and O–H groups in total. The third-order valence-corrected chi connectivity index (χ3v) is 4.09. The summed E-state index contributed by atoms with van der Waals surface area (Å²) in [6.45, 7) is 4.74. The van der Waals surface area contributed by atoms with Gasteiger partial charge in [0.2, 0.25) is 5.91 Å². The zero-order valence-corrected chi connectivity index (χ0v) is 11.0. The molecule has 2 aliphatic heterocycles. The minimum atomic E-state index is -0.213. The van der Waals surface area contributed by atoms with E-state index in [4.69, 9.17) is 9.47 Å². The summed E-state index contributed by atoms with van der Waals surface area (Å²) in [5, 5.41) is 3.51. The molecule has 1 amide bonds. The third kappa shape index (κ3) is 2.15. The first kappa shape index (κ1) is 12.4. The number of rotatable bonds is 4. The highest BCUT2D eigenvalue weighted by Gasteiger charge is 2.58. The summed E-state index contributed by atoms with van der Waals surface area (Å²) in [7, 11) is 0. The molecule has 0 aromatic rings. The monoisotopic (exact) mass is 254 g/mol. The molecule has 3 fully saturated rings. The van der Waals surface area contributed by atoms with Crippen LogP contribution < -0.4 is 5.32 Å². The van der Waals surface area contributed by atoms with Crippen LogP contribution in [0.15, 0.2) is 0 Å². The van der Waals surface area contributed by atoms with Gasteiger partial charge >= 0.3 is 0 Å². The summed E-state index contributed by atoms with van der Waals surface area (Å²) >= 11 is 0. The van der Waals surface area contributed by atoms with E-state index in [1.807, 2.05) is 4.90 Å². The third-order valence-electron chi connectivity index (χ3n) is 4.09. The van der Waals surface area contributed by atoms with Crippen molar-refractivity contribution in [3.63, 3.8) is 0 Å². The maximum atomic E-state index is 12.4. The Balaban J connectivity index is 1.65. The lowest BCUT2D eigenvalue weighted by molar-refractivity contribution is -0.137. The van der Waals surface area contributed by atoms with Gasteiger partial charge in [-0.05, 0) is 19.3 Å². The molecule has 3 rings (SSSR count). The molecule has 102 valence electrons. The summed E-state index contributed by atoms with van der Waals surface area (Å²) < 4.78 is 11.1. The van der Waals surface area contributed by atoms with Gasteiger partial charge in [-0.15, -0.1) is 0 Å². The summed E-state index contributed by atoms with van der Waals surface area (Å²) in [6.07, 6.45) is 4.31. The number of hydrogen-bond donors (Lipinski definition) is 1. The number of hydrogen-bond acceptors (Lipinski definition) is 4. The average Bonchev–Trinajstić information content (AvgIpc) is 3.12. The van der Waals surface area contributed by atoms with E-state index in [0.717, 1.165) is 25.7 Å². The number of carbonyl (C=O) groups excluding carboxylic acids is 1. The zero-order chi connectivity index (χ0) is 12.6. The van der Waals surface area contributed by atoms with E-state index in [0.29, 0.717) is 26.4 Å². The summed E-state index contributed by atoms with van der Waals surface area (Å²) in [6, 6.07) is 0. The first-order valence-electron chi connectivity index (χ1n) is 7.03. The topological polar surface area (TPSA) is 50.8 Å². The second kappa shape index (κ2) is 4.79. The fraction of sp³-hybridized carbons (Fsp3) is 0.923. The number of ether oxygens (including phenoxy) is 2. The van der Waals surface area contributed by atoms with Crippen molar-refractivity contribution < 1.29 is 14.3 Å². The Morgan fingerprint density at radius 2 is 2.28 bits per heavy atom. The molecule has 5 nitrogen and oxygen atoms in total. The molecule has 2 heterocycles. The molecule has 0 radical (unpaired) electrons. The zero-order valence-electron chi connectivity index (χ0n) is 11.0. The van der Waals surface area contributed by atoms with Crippen molar-refractivity contribution in [2.24, 2.45) is 0 Å². The van der Waals surface area contributed by atoms with Gasteiger partial charge in [-0.25, -0.2) is 0 Å². The Hall–Kier alpha value is -0.650. The molecule has 18 heavy (non-hydrogen) atoms. The normalized spacial score (nSPS) is 34.3. The highest BCUT2D eigenvalue weighted by atomic mass is 16.6. The smallest absolute Gasteiger partial charge is 0.244 e. The van der Waals surface area contributed by atoms with Gasteiger partial charge in [-0.1, -0.05) is 13.3 Å². The molecule has 0 bridgehead atoms. The van der Waals surface area contributed by atoms with Crippen molar-refractivity contribution in [3.8, 4) is 0 Å². The minimum Gasteiger partial charge on any atom is -0.376 e. The average molecular weight is 254 g/mol.